The van der Waals surface area contributed by atoms with E-state index in [0.717, 1.165) is 14.3 Å². The van der Waals surface area contributed by atoms with Gasteiger partial charge in [0.1, 0.15) is 10.7 Å². The van der Waals surface area contributed by atoms with Gasteiger partial charge in [-0.15, -0.1) is 5.10 Å². The van der Waals surface area contributed by atoms with E-state index >= 15 is 0 Å². The van der Waals surface area contributed by atoms with E-state index in [2.05, 4.69) is 42.7 Å². The molecule has 0 saturated carbocycles. The number of anilines is 1. The Balaban J connectivity index is 2.18. The van der Waals surface area contributed by atoms with Crippen LogP contribution >= 0.6 is 34.1 Å². The molecule has 0 amide bonds. The summed E-state index contributed by atoms with van der Waals surface area (Å²) in [5.41, 5.74) is 3.36. The van der Waals surface area contributed by atoms with E-state index in [4.69, 9.17) is 5.84 Å². The van der Waals surface area contributed by atoms with Gasteiger partial charge in [0.05, 0.1) is 16.3 Å². The van der Waals surface area contributed by atoms with Gasteiger partial charge in [-0.25, -0.2) is 5.84 Å². The first kappa shape index (κ1) is 9.80. The van der Waals surface area contributed by atoms with E-state index in [1.807, 2.05) is 6.20 Å². The van der Waals surface area contributed by atoms with Crippen LogP contribution in [0.3, 0.4) is 0 Å². The second kappa shape index (κ2) is 4.19. The van der Waals surface area contributed by atoms with Crippen LogP contribution < -0.4 is 11.3 Å². The Hall–Kier alpha value is -0.740. The summed E-state index contributed by atoms with van der Waals surface area (Å²) in [5.74, 6) is 5.30. The fraction of sp³-hybridized carbons (Fsp3) is 0.167. The maximum atomic E-state index is 5.30. The predicted molar refractivity (Wildman–Crippen MR) is 61.8 cm³/mol. The van der Waals surface area contributed by atoms with Gasteiger partial charge in [-0.3, -0.25) is 4.68 Å². The summed E-state index contributed by atoms with van der Waals surface area (Å²) in [4.78, 5) is 0. The van der Waals surface area contributed by atoms with E-state index in [1.54, 1.807) is 10.9 Å². The minimum atomic E-state index is 0.582. The van der Waals surface area contributed by atoms with Gasteiger partial charge < -0.3 is 5.43 Å². The van der Waals surface area contributed by atoms with E-state index in [-0.39, 0.29) is 0 Å². The van der Waals surface area contributed by atoms with Gasteiger partial charge in [0.25, 0.3) is 0 Å². The standard InChI is InChI=1S/C6H7IN6S/c7-4-1-9-13(2-4)3-5-6(10-8)14-12-11-5/h1-2,10H,3,8H2. The molecule has 0 aliphatic carbocycles. The highest BCUT2D eigenvalue weighted by atomic mass is 127. The first-order chi connectivity index (χ1) is 6.79. The summed E-state index contributed by atoms with van der Waals surface area (Å²) >= 11 is 3.44. The fourth-order valence-electron chi connectivity index (χ4n) is 1.000. The van der Waals surface area contributed by atoms with E-state index in [1.165, 1.54) is 11.5 Å². The van der Waals surface area contributed by atoms with Crippen molar-refractivity contribution in [1.82, 2.24) is 19.4 Å². The van der Waals surface area contributed by atoms with Crippen LogP contribution in [-0.2, 0) is 6.54 Å². The summed E-state index contributed by atoms with van der Waals surface area (Å²) in [7, 11) is 0. The van der Waals surface area contributed by atoms with Crippen LogP contribution in [0.25, 0.3) is 0 Å². The molecule has 0 spiro atoms. The molecule has 3 N–H and O–H groups in total. The second-order valence-electron chi connectivity index (χ2n) is 2.55. The van der Waals surface area contributed by atoms with Crippen molar-refractivity contribution < 1.29 is 0 Å². The molecule has 2 rings (SSSR count). The normalized spacial score (nSPS) is 10.4. The van der Waals surface area contributed by atoms with Crippen molar-refractivity contribution in [1.29, 1.82) is 0 Å². The predicted octanol–water partition coefficient (Wildman–Crippen LogP) is 0.673. The van der Waals surface area contributed by atoms with Crippen molar-refractivity contribution >= 4 is 39.1 Å². The molecule has 2 heterocycles. The van der Waals surface area contributed by atoms with Crippen molar-refractivity contribution in [3.05, 3.63) is 21.7 Å². The zero-order valence-corrected chi connectivity index (χ0v) is 9.99. The fourth-order valence-corrected chi connectivity index (χ4v) is 1.93. The first-order valence-corrected chi connectivity index (χ1v) is 5.60. The van der Waals surface area contributed by atoms with Crippen LogP contribution in [0.2, 0.25) is 0 Å². The molecule has 0 fully saturated rings. The van der Waals surface area contributed by atoms with Gasteiger partial charge in [-0.2, -0.15) is 5.10 Å². The van der Waals surface area contributed by atoms with Gasteiger partial charge in [0.15, 0.2) is 0 Å². The van der Waals surface area contributed by atoms with Gasteiger partial charge in [-0.05, 0) is 22.6 Å². The molecule has 0 bridgehead atoms. The van der Waals surface area contributed by atoms with Crippen LogP contribution in [0.15, 0.2) is 12.4 Å². The van der Waals surface area contributed by atoms with E-state index < -0.39 is 0 Å². The van der Waals surface area contributed by atoms with Gasteiger partial charge in [0, 0.05) is 17.7 Å². The second-order valence-corrected chi connectivity index (χ2v) is 4.55. The Kier molecular flexibility index (Phi) is 2.93. The summed E-state index contributed by atoms with van der Waals surface area (Å²) in [6.07, 6.45) is 3.72. The monoisotopic (exact) mass is 322 g/mol. The molecular formula is C6H7IN6S. The molecule has 0 aliphatic rings. The number of nitrogens with one attached hydrogen (secondary N) is 1. The number of nitrogens with two attached hydrogens (primary N) is 1. The lowest BCUT2D eigenvalue weighted by atomic mass is 10.4. The van der Waals surface area contributed by atoms with Crippen molar-refractivity contribution in [2.24, 2.45) is 5.84 Å². The van der Waals surface area contributed by atoms with Crippen molar-refractivity contribution in [2.45, 2.75) is 6.54 Å². The molecule has 0 aromatic carbocycles. The zero-order chi connectivity index (χ0) is 9.97. The van der Waals surface area contributed by atoms with Gasteiger partial charge in [-0.1, -0.05) is 4.49 Å². The van der Waals surface area contributed by atoms with Crippen LogP contribution in [-0.4, -0.2) is 19.4 Å². The number of rotatable bonds is 3. The Bertz CT molecular complexity index is 423. The number of aromatic nitrogens is 4. The van der Waals surface area contributed by atoms with Gasteiger partial charge >= 0.3 is 0 Å². The van der Waals surface area contributed by atoms with Crippen LogP contribution in [0.1, 0.15) is 5.69 Å². The number of halogens is 1. The Morgan fingerprint density at radius 2 is 2.50 bits per heavy atom. The molecular weight excluding hydrogens is 315 g/mol. The number of nitrogens with zero attached hydrogens (tertiary/aromatic N) is 4. The highest BCUT2D eigenvalue weighted by Gasteiger charge is 2.07. The first-order valence-electron chi connectivity index (χ1n) is 3.75. The quantitative estimate of drug-likeness (QED) is 0.493. The summed E-state index contributed by atoms with van der Waals surface area (Å²) in [6, 6.07) is 0. The molecule has 0 atom stereocenters. The molecule has 0 unspecified atom stereocenters. The van der Waals surface area contributed by atoms with Crippen molar-refractivity contribution in [3.8, 4) is 0 Å². The Morgan fingerprint density at radius 1 is 1.64 bits per heavy atom. The molecule has 0 radical (unpaired) electrons. The van der Waals surface area contributed by atoms with Crippen LogP contribution in [0.4, 0.5) is 5.00 Å². The lowest BCUT2D eigenvalue weighted by Crippen LogP contribution is -2.09. The topological polar surface area (TPSA) is 81.6 Å². The maximum Gasteiger partial charge on any atom is 0.149 e. The highest BCUT2D eigenvalue weighted by molar-refractivity contribution is 14.1. The third kappa shape index (κ3) is 2.01. The van der Waals surface area contributed by atoms with E-state index in [9.17, 15) is 0 Å². The zero-order valence-electron chi connectivity index (χ0n) is 7.01. The Morgan fingerprint density at radius 3 is 3.14 bits per heavy atom. The minimum absolute atomic E-state index is 0.582. The SMILES string of the molecule is NNc1snnc1Cn1cc(I)cn1. The summed E-state index contributed by atoms with van der Waals surface area (Å²) in [6.45, 7) is 0.582. The lowest BCUT2D eigenvalue weighted by Gasteiger charge is -1.99. The number of nitrogen functional groups attached to an aromatic ring is 1. The number of hydrazine groups is 1. The number of hydrogen-bond acceptors (Lipinski definition) is 6. The smallest absolute Gasteiger partial charge is 0.149 e. The third-order valence-electron chi connectivity index (χ3n) is 1.60. The van der Waals surface area contributed by atoms with Gasteiger partial charge in [0.2, 0.25) is 0 Å². The average Bonchev–Trinajstić information content (AvgIpc) is 2.76. The van der Waals surface area contributed by atoms with Crippen molar-refractivity contribution in [2.75, 3.05) is 5.43 Å². The minimum Gasteiger partial charge on any atom is -0.313 e. The van der Waals surface area contributed by atoms with E-state index in [0.29, 0.717) is 6.54 Å². The summed E-state index contributed by atoms with van der Waals surface area (Å²) in [5, 5.41) is 8.87. The Labute approximate surface area is 97.8 Å². The number of hydrogen-bond donors (Lipinski definition) is 2. The molecule has 14 heavy (non-hydrogen) atoms. The van der Waals surface area contributed by atoms with Crippen LogP contribution in [0.5, 0.6) is 0 Å². The largest absolute Gasteiger partial charge is 0.313 e. The molecule has 0 saturated heterocycles. The highest BCUT2D eigenvalue weighted by Crippen LogP contribution is 2.16. The average molecular weight is 322 g/mol. The molecule has 2 aromatic rings. The lowest BCUT2D eigenvalue weighted by molar-refractivity contribution is 0.671. The molecule has 2 aromatic heterocycles. The maximum absolute atomic E-state index is 5.30. The molecule has 74 valence electrons. The van der Waals surface area contributed by atoms with Crippen LogP contribution in [0, 0.1) is 3.57 Å². The third-order valence-corrected chi connectivity index (χ3v) is 2.86. The molecule has 6 nitrogen and oxygen atoms in total. The summed E-state index contributed by atoms with van der Waals surface area (Å²) < 4.78 is 6.68. The van der Waals surface area contributed by atoms with Crippen molar-refractivity contribution in [3.63, 3.8) is 0 Å². The molecule has 8 heteroatoms. The molecule has 0 aliphatic heterocycles.